The van der Waals surface area contributed by atoms with Crippen molar-refractivity contribution in [3.8, 4) is 0 Å². The van der Waals surface area contributed by atoms with Crippen LogP contribution >= 0.6 is 11.3 Å². The smallest absolute Gasteiger partial charge is 0.229 e. The summed E-state index contributed by atoms with van der Waals surface area (Å²) in [6.45, 7) is 4.12. The van der Waals surface area contributed by atoms with Crippen LogP contribution in [-0.2, 0) is 16.0 Å². The summed E-state index contributed by atoms with van der Waals surface area (Å²) in [6, 6.07) is 0.266. The van der Waals surface area contributed by atoms with Gasteiger partial charge in [0, 0.05) is 34.6 Å². The predicted molar refractivity (Wildman–Crippen MR) is 132 cm³/mol. The van der Waals surface area contributed by atoms with Crippen molar-refractivity contribution in [2.75, 3.05) is 11.9 Å². The van der Waals surface area contributed by atoms with Gasteiger partial charge in [-0.1, -0.05) is 33.1 Å². The number of aliphatic hydroxyl groups is 2. The van der Waals surface area contributed by atoms with Crippen LogP contribution in [0.5, 0.6) is 0 Å². The SMILES string of the molecule is CC1(CO)C(O)CCC2(C)C(CC(=O)NC3CCCC3)c3nc(NC(=O)C4CCC4)sc3CC12. The zero-order valence-corrected chi connectivity index (χ0v) is 21.3. The van der Waals surface area contributed by atoms with Crippen LogP contribution in [0.25, 0.3) is 0 Å². The molecule has 0 saturated heterocycles. The lowest BCUT2D eigenvalue weighted by molar-refractivity contribution is -0.144. The van der Waals surface area contributed by atoms with Crippen molar-refractivity contribution >= 4 is 28.3 Å². The van der Waals surface area contributed by atoms with Gasteiger partial charge in [0.15, 0.2) is 5.13 Å². The standard InChI is InChI=1S/C26H39N3O4S/c1-25-11-10-20(31)26(2,14-30)19(25)13-18-22(17(25)12-21(32)27-16-8-3-4-9-16)28-24(34-18)29-23(33)15-6-5-7-15/h15-17,19-20,30-31H,3-14H2,1-2H3,(H,27,32)(H,28,29,33). The number of amides is 2. The van der Waals surface area contributed by atoms with Crippen molar-refractivity contribution in [1.29, 1.82) is 0 Å². The van der Waals surface area contributed by atoms with Crippen LogP contribution in [0.15, 0.2) is 0 Å². The van der Waals surface area contributed by atoms with Gasteiger partial charge in [-0.05, 0) is 56.3 Å². The fraction of sp³-hybridized carbons (Fsp3) is 0.808. The highest BCUT2D eigenvalue weighted by Crippen LogP contribution is 2.62. The number of carbonyl (C=O) groups is 2. The van der Waals surface area contributed by atoms with E-state index in [0.717, 1.165) is 49.1 Å². The van der Waals surface area contributed by atoms with Crippen molar-refractivity contribution in [2.24, 2.45) is 22.7 Å². The van der Waals surface area contributed by atoms with E-state index in [1.165, 1.54) is 24.2 Å². The van der Waals surface area contributed by atoms with Crippen LogP contribution in [0.4, 0.5) is 5.13 Å². The summed E-state index contributed by atoms with van der Waals surface area (Å²) in [5.41, 5.74) is 0.0375. The lowest BCUT2D eigenvalue weighted by atomic mass is 9.47. The van der Waals surface area contributed by atoms with Crippen LogP contribution in [0.3, 0.4) is 0 Å². The second kappa shape index (κ2) is 9.17. The normalized spacial score (nSPS) is 35.8. The molecule has 3 saturated carbocycles. The number of nitrogens with one attached hydrogen (secondary N) is 2. The van der Waals surface area contributed by atoms with Crippen LogP contribution in [0.2, 0.25) is 0 Å². The number of anilines is 1. The zero-order valence-electron chi connectivity index (χ0n) is 20.4. The Morgan fingerprint density at radius 3 is 2.50 bits per heavy atom. The molecular formula is C26H39N3O4S. The van der Waals surface area contributed by atoms with E-state index < -0.39 is 11.5 Å². The number of hydrogen-bond acceptors (Lipinski definition) is 6. The van der Waals surface area contributed by atoms with Gasteiger partial charge in [-0.25, -0.2) is 4.98 Å². The van der Waals surface area contributed by atoms with Gasteiger partial charge in [0.05, 0.1) is 18.4 Å². The van der Waals surface area contributed by atoms with Gasteiger partial charge in [-0.3, -0.25) is 9.59 Å². The number of fused-ring (bicyclic) bond motifs is 2. The molecule has 1 aromatic heterocycles. The monoisotopic (exact) mass is 489 g/mol. The largest absolute Gasteiger partial charge is 0.396 e. The molecule has 8 heteroatoms. The van der Waals surface area contributed by atoms with Gasteiger partial charge in [-0.15, -0.1) is 11.3 Å². The lowest BCUT2D eigenvalue weighted by Crippen LogP contribution is -2.57. The van der Waals surface area contributed by atoms with Crippen LogP contribution in [-0.4, -0.2) is 45.8 Å². The summed E-state index contributed by atoms with van der Waals surface area (Å²) in [6.07, 6.45) is 9.29. The maximum atomic E-state index is 13.2. The van der Waals surface area contributed by atoms with Crippen molar-refractivity contribution in [1.82, 2.24) is 10.3 Å². The fourth-order valence-electron chi connectivity index (χ4n) is 7.12. The first-order valence-electron chi connectivity index (χ1n) is 13.1. The summed E-state index contributed by atoms with van der Waals surface area (Å²) in [5, 5.41) is 28.2. The van der Waals surface area contributed by atoms with Crippen LogP contribution < -0.4 is 10.6 Å². The van der Waals surface area contributed by atoms with E-state index in [4.69, 9.17) is 4.98 Å². The molecule has 34 heavy (non-hydrogen) atoms. The molecule has 188 valence electrons. The van der Waals surface area contributed by atoms with Gasteiger partial charge in [-0.2, -0.15) is 0 Å². The molecule has 0 aromatic carbocycles. The molecule has 3 fully saturated rings. The van der Waals surface area contributed by atoms with Gasteiger partial charge in [0.2, 0.25) is 11.8 Å². The molecule has 4 aliphatic rings. The molecular weight excluding hydrogens is 450 g/mol. The van der Waals surface area contributed by atoms with Crippen molar-refractivity contribution in [3.63, 3.8) is 0 Å². The molecule has 4 aliphatic carbocycles. The molecule has 0 bridgehead atoms. The minimum atomic E-state index is -0.635. The zero-order chi connectivity index (χ0) is 24.1. The Labute approximate surface area is 206 Å². The summed E-state index contributed by atoms with van der Waals surface area (Å²) < 4.78 is 0. The van der Waals surface area contributed by atoms with Crippen molar-refractivity contribution in [3.05, 3.63) is 10.6 Å². The molecule has 5 atom stereocenters. The topological polar surface area (TPSA) is 112 Å². The molecule has 5 unspecified atom stereocenters. The number of thiazole rings is 1. The second-order valence-electron chi connectivity index (χ2n) is 11.7. The molecule has 0 spiro atoms. The van der Waals surface area contributed by atoms with E-state index in [-0.39, 0.29) is 47.6 Å². The van der Waals surface area contributed by atoms with Crippen molar-refractivity contribution < 1.29 is 19.8 Å². The first-order valence-corrected chi connectivity index (χ1v) is 13.9. The Bertz CT molecular complexity index is 940. The minimum absolute atomic E-state index is 0.0289. The molecule has 0 aliphatic heterocycles. The maximum absolute atomic E-state index is 13.2. The van der Waals surface area contributed by atoms with E-state index in [1.807, 2.05) is 6.92 Å². The first-order chi connectivity index (χ1) is 16.2. The van der Waals surface area contributed by atoms with Gasteiger partial charge in [0.25, 0.3) is 0 Å². The molecule has 4 N–H and O–H groups in total. The fourth-order valence-corrected chi connectivity index (χ4v) is 8.19. The quantitative estimate of drug-likeness (QED) is 0.486. The Morgan fingerprint density at radius 2 is 1.85 bits per heavy atom. The summed E-state index contributed by atoms with van der Waals surface area (Å²) in [4.78, 5) is 31.8. The van der Waals surface area contributed by atoms with E-state index in [9.17, 15) is 19.8 Å². The maximum Gasteiger partial charge on any atom is 0.229 e. The Morgan fingerprint density at radius 1 is 1.12 bits per heavy atom. The number of aliphatic hydroxyl groups excluding tert-OH is 2. The lowest BCUT2D eigenvalue weighted by Gasteiger charge is -2.58. The van der Waals surface area contributed by atoms with E-state index in [2.05, 4.69) is 17.6 Å². The molecule has 5 rings (SSSR count). The number of rotatable bonds is 6. The number of hydrogen-bond donors (Lipinski definition) is 4. The Hall–Kier alpha value is -1.51. The first kappa shape index (κ1) is 24.2. The minimum Gasteiger partial charge on any atom is -0.396 e. The van der Waals surface area contributed by atoms with Gasteiger partial charge < -0.3 is 20.8 Å². The summed E-state index contributed by atoms with van der Waals surface area (Å²) >= 11 is 1.51. The highest BCUT2D eigenvalue weighted by Gasteiger charge is 2.59. The van der Waals surface area contributed by atoms with Gasteiger partial charge >= 0.3 is 0 Å². The van der Waals surface area contributed by atoms with E-state index in [1.54, 1.807) is 0 Å². The second-order valence-corrected chi connectivity index (χ2v) is 12.8. The third kappa shape index (κ3) is 4.09. The predicted octanol–water partition coefficient (Wildman–Crippen LogP) is 3.75. The summed E-state index contributed by atoms with van der Waals surface area (Å²) in [5.74, 6) is 0.122. The molecule has 2 amide bonds. The van der Waals surface area contributed by atoms with E-state index >= 15 is 0 Å². The Balaban J connectivity index is 1.46. The Kier molecular flexibility index (Phi) is 6.53. The number of carbonyl (C=O) groups excluding carboxylic acids is 2. The highest BCUT2D eigenvalue weighted by atomic mass is 32.1. The highest BCUT2D eigenvalue weighted by molar-refractivity contribution is 7.15. The average molecular weight is 490 g/mol. The van der Waals surface area contributed by atoms with E-state index in [0.29, 0.717) is 24.4 Å². The average Bonchev–Trinajstić information content (AvgIpc) is 3.40. The van der Waals surface area contributed by atoms with Crippen molar-refractivity contribution in [2.45, 2.75) is 103 Å². The third-order valence-electron chi connectivity index (χ3n) is 9.71. The van der Waals surface area contributed by atoms with Gasteiger partial charge in [0.1, 0.15) is 0 Å². The molecule has 0 radical (unpaired) electrons. The molecule has 7 nitrogen and oxygen atoms in total. The number of nitrogens with zero attached hydrogens (tertiary/aromatic N) is 1. The molecule has 1 aromatic rings. The number of aromatic nitrogens is 1. The van der Waals surface area contributed by atoms with Crippen LogP contribution in [0, 0.1) is 22.7 Å². The molecule has 1 heterocycles. The van der Waals surface area contributed by atoms with Crippen LogP contribution in [0.1, 0.15) is 94.5 Å². The third-order valence-corrected chi connectivity index (χ3v) is 10.7. The summed E-state index contributed by atoms with van der Waals surface area (Å²) in [7, 11) is 0.